The number of halogens is 2. The quantitative estimate of drug-likeness (QED) is 0.376. The summed E-state index contributed by atoms with van der Waals surface area (Å²) in [5, 5.41) is 12.4. The predicted octanol–water partition coefficient (Wildman–Crippen LogP) is 2.62. The van der Waals surface area contributed by atoms with Crippen molar-refractivity contribution in [3.05, 3.63) is 83.8 Å². The van der Waals surface area contributed by atoms with Gasteiger partial charge in [-0.15, -0.1) is 0 Å². The predicted molar refractivity (Wildman–Crippen MR) is 140 cm³/mol. The number of fused-ring (bicyclic) bond motifs is 1. The summed E-state index contributed by atoms with van der Waals surface area (Å²) >= 11 is 0. The van der Waals surface area contributed by atoms with Crippen LogP contribution in [0.3, 0.4) is 0 Å². The van der Waals surface area contributed by atoms with Gasteiger partial charge < -0.3 is 15.1 Å². The first-order chi connectivity index (χ1) is 18.7. The number of nitrogens with two attached hydrogens (primary N) is 1. The number of nitrogens with one attached hydrogen (secondary N) is 1. The number of benzene rings is 1. The first-order valence-electron chi connectivity index (χ1n) is 12.4. The topological polar surface area (TPSA) is 126 Å². The Bertz CT molecular complexity index is 1650. The van der Waals surface area contributed by atoms with Crippen molar-refractivity contribution in [1.29, 1.82) is 0 Å². The van der Waals surface area contributed by atoms with Gasteiger partial charge in [0.2, 0.25) is 10.0 Å². The molecule has 13 heteroatoms. The SMILES string of the molecule is NS(=O)(=O)c1ccc(N2CC(NC(=O)c3cnn4ccc(N5CCC[C@@H]5c5cc(F)cc(F)c5)cc34)C2)nc1. The smallest absolute Gasteiger partial charge is 0.255 e. The van der Waals surface area contributed by atoms with E-state index < -0.39 is 21.7 Å². The first-order valence-corrected chi connectivity index (χ1v) is 13.9. The molecule has 0 saturated carbocycles. The van der Waals surface area contributed by atoms with E-state index in [0.29, 0.717) is 35.6 Å². The Morgan fingerprint density at radius 1 is 1.05 bits per heavy atom. The number of nitrogens with zero attached hydrogens (tertiary/aromatic N) is 5. The summed E-state index contributed by atoms with van der Waals surface area (Å²) in [6.07, 6.45) is 6.13. The lowest BCUT2D eigenvalue weighted by Crippen LogP contribution is -2.59. The van der Waals surface area contributed by atoms with E-state index in [0.717, 1.165) is 31.1 Å². The highest BCUT2D eigenvalue weighted by Gasteiger charge is 2.31. The van der Waals surface area contributed by atoms with Crippen LogP contribution in [-0.4, -0.2) is 54.6 Å². The molecule has 39 heavy (non-hydrogen) atoms. The molecule has 2 saturated heterocycles. The molecular weight excluding hydrogens is 528 g/mol. The monoisotopic (exact) mass is 553 g/mol. The molecule has 202 valence electrons. The first kappa shape index (κ1) is 25.2. The van der Waals surface area contributed by atoms with E-state index in [1.165, 1.54) is 30.6 Å². The summed E-state index contributed by atoms with van der Waals surface area (Å²) < 4.78 is 52.2. The molecule has 0 bridgehead atoms. The van der Waals surface area contributed by atoms with Crippen molar-refractivity contribution in [2.75, 3.05) is 29.4 Å². The molecule has 1 atom stereocenters. The number of hydrogen-bond acceptors (Lipinski definition) is 7. The van der Waals surface area contributed by atoms with Gasteiger partial charge in [-0.3, -0.25) is 4.79 Å². The maximum Gasteiger partial charge on any atom is 0.255 e. The minimum Gasteiger partial charge on any atom is -0.364 e. The number of carbonyl (C=O) groups is 1. The maximum absolute atomic E-state index is 13.9. The molecular formula is C26H25F2N7O3S. The highest BCUT2D eigenvalue weighted by molar-refractivity contribution is 7.89. The van der Waals surface area contributed by atoms with Gasteiger partial charge in [-0.1, -0.05) is 0 Å². The van der Waals surface area contributed by atoms with Gasteiger partial charge in [0, 0.05) is 43.8 Å². The van der Waals surface area contributed by atoms with Crippen LogP contribution in [0.25, 0.3) is 5.52 Å². The van der Waals surface area contributed by atoms with Crippen LogP contribution >= 0.6 is 0 Å². The molecule has 2 aliphatic heterocycles. The van der Waals surface area contributed by atoms with E-state index in [4.69, 9.17) is 5.14 Å². The minimum absolute atomic E-state index is 0.0626. The van der Waals surface area contributed by atoms with Crippen molar-refractivity contribution in [1.82, 2.24) is 19.9 Å². The van der Waals surface area contributed by atoms with Gasteiger partial charge in [-0.2, -0.15) is 5.10 Å². The number of rotatable bonds is 6. The lowest BCUT2D eigenvalue weighted by atomic mass is 10.0. The van der Waals surface area contributed by atoms with E-state index >= 15 is 0 Å². The van der Waals surface area contributed by atoms with Crippen molar-refractivity contribution in [3.63, 3.8) is 0 Å². The van der Waals surface area contributed by atoms with E-state index in [-0.39, 0.29) is 22.9 Å². The lowest BCUT2D eigenvalue weighted by Gasteiger charge is -2.40. The minimum atomic E-state index is -3.81. The number of primary sulfonamides is 1. The number of carbonyl (C=O) groups excluding carboxylic acids is 1. The Morgan fingerprint density at radius 2 is 1.82 bits per heavy atom. The summed E-state index contributed by atoms with van der Waals surface area (Å²) in [5.41, 5.74) is 2.46. The van der Waals surface area contributed by atoms with Gasteiger partial charge in [0.1, 0.15) is 22.3 Å². The molecule has 1 amide bonds. The van der Waals surface area contributed by atoms with Crippen molar-refractivity contribution >= 4 is 33.0 Å². The van der Waals surface area contributed by atoms with Crippen molar-refractivity contribution in [3.8, 4) is 0 Å². The zero-order valence-electron chi connectivity index (χ0n) is 20.7. The Hall–Kier alpha value is -4.10. The van der Waals surface area contributed by atoms with Crippen LogP contribution < -0.4 is 20.3 Å². The number of hydrogen-bond donors (Lipinski definition) is 2. The summed E-state index contributed by atoms with van der Waals surface area (Å²) in [5.74, 6) is -0.887. The van der Waals surface area contributed by atoms with Crippen LogP contribution in [0.2, 0.25) is 0 Å². The normalized spacial score (nSPS) is 18.0. The van der Waals surface area contributed by atoms with Gasteiger partial charge in [-0.05, 0) is 54.8 Å². The molecule has 0 unspecified atom stereocenters. The second-order valence-corrected chi connectivity index (χ2v) is 11.4. The highest BCUT2D eigenvalue weighted by Crippen LogP contribution is 2.37. The largest absolute Gasteiger partial charge is 0.364 e. The average Bonchev–Trinajstić information content (AvgIpc) is 3.52. The van der Waals surface area contributed by atoms with Crippen molar-refractivity contribution in [2.24, 2.45) is 5.14 Å². The molecule has 3 N–H and O–H groups in total. The summed E-state index contributed by atoms with van der Waals surface area (Å²) in [6.45, 7) is 1.74. The maximum atomic E-state index is 13.9. The molecule has 10 nitrogen and oxygen atoms in total. The number of sulfonamides is 1. The molecule has 0 radical (unpaired) electrons. The number of amides is 1. The Morgan fingerprint density at radius 3 is 2.51 bits per heavy atom. The molecule has 2 fully saturated rings. The second-order valence-electron chi connectivity index (χ2n) is 9.80. The fraction of sp³-hybridized carbons (Fsp3) is 0.269. The Kier molecular flexibility index (Phi) is 6.19. The molecule has 6 rings (SSSR count). The van der Waals surface area contributed by atoms with Gasteiger partial charge in [0.15, 0.2) is 0 Å². The van der Waals surface area contributed by atoms with Crippen LogP contribution in [0.4, 0.5) is 20.3 Å². The molecule has 1 aromatic carbocycles. The molecule has 5 heterocycles. The van der Waals surface area contributed by atoms with E-state index in [1.807, 2.05) is 17.0 Å². The van der Waals surface area contributed by atoms with Crippen LogP contribution in [0.15, 0.2) is 66.0 Å². The molecule has 4 aromatic rings. The third-order valence-corrected chi connectivity index (χ3v) is 8.09. The zero-order valence-corrected chi connectivity index (χ0v) is 21.5. The highest BCUT2D eigenvalue weighted by atomic mass is 32.2. The van der Waals surface area contributed by atoms with Crippen LogP contribution in [0, 0.1) is 11.6 Å². The Labute approximate surface area is 223 Å². The van der Waals surface area contributed by atoms with Crippen molar-refractivity contribution in [2.45, 2.75) is 29.8 Å². The third kappa shape index (κ3) is 4.90. The Balaban J connectivity index is 1.16. The van der Waals surface area contributed by atoms with Gasteiger partial charge in [0.05, 0.1) is 29.4 Å². The van der Waals surface area contributed by atoms with Gasteiger partial charge in [0.25, 0.3) is 5.91 Å². The van der Waals surface area contributed by atoms with Crippen LogP contribution in [0.5, 0.6) is 0 Å². The zero-order chi connectivity index (χ0) is 27.3. The fourth-order valence-electron chi connectivity index (χ4n) is 5.26. The second kappa shape index (κ2) is 9.58. The van der Waals surface area contributed by atoms with E-state index in [2.05, 4.69) is 20.3 Å². The van der Waals surface area contributed by atoms with E-state index in [1.54, 1.807) is 16.8 Å². The number of anilines is 2. The number of pyridine rings is 2. The molecule has 3 aromatic heterocycles. The fourth-order valence-corrected chi connectivity index (χ4v) is 5.72. The number of aromatic nitrogens is 3. The summed E-state index contributed by atoms with van der Waals surface area (Å²) in [6, 6.07) is 10.0. The molecule has 0 spiro atoms. The van der Waals surface area contributed by atoms with Gasteiger partial charge >= 0.3 is 0 Å². The molecule has 0 aliphatic carbocycles. The van der Waals surface area contributed by atoms with Gasteiger partial charge in [-0.25, -0.2) is 31.8 Å². The molecule has 2 aliphatic rings. The third-order valence-electron chi connectivity index (χ3n) is 7.19. The summed E-state index contributed by atoms with van der Waals surface area (Å²) in [4.78, 5) is 21.2. The van der Waals surface area contributed by atoms with Crippen molar-refractivity contribution < 1.29 is 22.0 Å². The lowest BCUT2D eigenvalue weighted by molar-refractivity contribution is 0.0931. The summed E-state index contributed by atoms with van der Waals surface area (Å²) in [7, 11) is -3.81. The average molecular weight is 554 g/mol. The standard InChI is InChI=1S/C26H25F2N7O3S/c27-17-8-16(9-18(28)10-17)23-2-1-6-34(23)20-5-7-35-24(11-20)22(13-31-35)26(36)32-19-14-33(15-19)25-4-3-21(12-30-25)39(29,37)38/h3-5,7-13,19,23H,1-2,6,14-15H2,(H,32,36)(H2,29,37,38)/t23-/m1/s1. The van der Waals surface area contributed by atoms with E-state index in [9.17, 15) is 22.0 Å². The van der Waals surface area contributed by atoms with Crippen LogP contribution in [-0.2, 0) is 10.0 Å². The van der Waals surface area contributed by atoms with Crippen LogP contribution in [0.1, 0.15) is 34.8 Å².